The topological polar surface area (TPSA) is 23.5 Å². The second kappa shape index (κ2) is 5.70. The molecule has 0 aliphatic carbocycles. The molecule has 18 heavy (non-hydrogen) atoms. The van der Waals surface area contributed by atoms with Gasteiger partial charge >= 0.3 is 0 Å². The predicted molar refractivity (Wildman–Crippen MR) is 77.9 cm³/mol. The molecule has 1 heterocycles. The van der Waals surface area contributed by atoms with E-state index in [0.29, 0.717) is 6.54 Å². The number of rotatable bonds is 2. The van der Waals surface area contributed by atoms with Gasteiger partial charge in [0.1, 0.15) is 14.4 Å². The van der Waals surface area contributed by atoms with E-state index in [0.717, 1.165) is 19.5 Å². The molecule has 1 N–H and O–H groups in total. The first kappa shape index (κ1) is 13.4. The first-order valence-electron chi connectivity index (χ1n) is 6.59. The molecule has 1 aromatic carbocycles. The Bertz CT molecular complexity index is 449. The highest BCUT2D eigenvalue weighted by Crippen LogP contribution is 2.22. The first-order valence-corrected chi connectivity index (χ1v) is 9.47. The van der Waals surface area contributed by atoms with Gasteiger partial charge in [0.05, 0.1) is 0 Å². The summed E-state index contributed by atoms with van der Waals surface area (Å²) in [5.41, 5.74) is 3.75. The Morgan fingerprint density at radius 3 is 2.72 bits per heavy atom. The molecule has 0 radical (unpaired) electrons. The standard InChI is InChI=1S/C15H21NOSi/c1-18(2)11-9-15(17)8-10-16(13-15)12-14-6-4-3-5-7-14/h3-7,17-18H,8,10,12-13H2,1-2H3. The molecule has 2 nitrogen and oxygen atoms in total. The molecule has 1 fully saturated rings. The summed E-state index contributed by atoms with van der Waals surface area (Å²) < 4.78 is 0. The molecule has 0 saturated carbocycles. The predicted octanol–water partition coefficient (Wildman–Crippen LogP) is 1.65. The molecule has 0 aromatic heterocycles. The third-order valence-corrected chi connectivity index (χ3v) is 3.89. The molecule has 1 unspecified atom stereocenters. The van der Waals surface area contributed by atoms with E-state index < -0.39 is 14.4 Å². The van der Waals surface area contributed by atoms with Gasteiger partial charge in [0.25, 0.3) is 0 Å². The van der Waals surface area contributed by atoms with Crippen molar-refractivity contribution in [1.82, 2.24) is 4.90 Å². The highest BCUT2D eigenvalue weighted by molar-refractivity contribution is 6.64. The highest BCUT2D eigenvalue weighted by atomic mass is 28.3. The van der Waals surface area contributed by atoms with Crippen molar-refractivity contribution in [3.8, 4) is 11.5 Å². The van der Waals surface area contributed by atoms with Gasteiger partial charge in [-0.05, 0) is 5.56 Å². The lowest BCUT2D eigenvalue weighted by Crippen LogP contribution is -2.31. The summed E-state index contributed by atoms with van der Waals surface area (Å²) in [6, 6.07) is 10.4. The zero-order valence-electron chi connectivity index (χ0n) is 11.2. The fraction of sp³-hybridized carbons (Fsp3) is 0.467. The molecule has 1 atom stereocenters. The molecule has 96 valence electrons. The van der Waals surface area contributed by atoms with Crippen LogP contribution < -0.4 is 0 Å². The Balaban J connectivity index is 1.95. The Morgan fingerprint density at radius 1 is 1.33 bits per heavy atom. The molecule has 0 spiro atoms. The van der Waals surface area contributed by atoms with E-state index in [2.05, 4.69) is 53.7 Å². The van der Waals surface area contributed by atoms with E-state index >= 15 is 0 Å². The van der Waals surface area contributed by atoms with Crippen LogP contribution in [0.3, 0.4) is 0 Å². The zero-order valence-corrected chi connectivity index (χ0v) is 12.3. The van der Waals surface area contributed by atoms with Crippen molar-refractivity contribution in [2.24, 2.45) is 0 Å². The fourth-order valence-electron chi connectivity index (χ4n) is 2.23. The Hall–Kier alpha value is -1.08. The van der Waals surface area contributed by atoms with E-state index in [1.165, 1.54) is 5.56 Å². The van der Waals surface area contributed by atoms with Crippen molar-refractivity contribution in [3.63, 3.8) is 0 Å². The van der Waals surface area contributed by atoms with Gasteiger partial charge in [0, 0.05) is 26.1 Å². The highest BCUT2D eigenvalue weighted by Gasteiger charge is 2.34. The number of aliphatic hydroxyl groups is 1. The summed E-state index contributed by atoms with van der Waals surface area (Å²) >= 11 is 0. The molecule has 1 aromatic rings. The second-order valence-electron chi connectivity index (χ2n) is 5.40. The van der Waals surface area contributed by atoms with Crippen LogP contribution >= 0.6 is 0 Å². The van der Waals surface area contributed by atoms with Crippen molar-refractivity contribution in [2.75, 3.05) is 13.1 Å². The van der Waals surface area contributed by atoms with Gasteiger partial charge in [-0.2, -0.15) is 0 Å². The number of nitrogens with zero attached hydrogens (tertiary/aromatic N) is 1. The Labute approximate surface area is 111 Å². The number of hydrogen-bond donors (Lipinski definition) is 1. The maximum absolute atomic E-state index is 10.4. The van der Waals surface area contributed by atoms with Crippen LogP contribution in [0.4, 0.5) is 0 Å². The minimum Gasteiger partial charge on any atom is -0.376 e. The molecular weight excluding hydrogens is 238 g/mol. The molecule has 1 aliphatic rings. The first-order chi connectivity index (χ1) is 8.57. The van der Waals surface area contributed by atoms with Crippen LogP contribution in [0, 0.1) is 11.5 Å². The third-order valence-electron chi connectivity index (χ3n) is 3.17. The fourth-order valence-corrected chi connectivity index (χ4v) is 2.79. The summed E-state index contributed by atoms with van der Waals surface area (Å²) in [4.78, 5) is 2.28. The van der Waals surface area contributed by atoms with Gasteiger partial charge in [-0.3, -0.25) is 4.90 Å². The minimum atomic E-state index is -0.899. The molecular formula is C15H21NOSi. The number of likely N-dealkylation sites (tertiary alicyclic amines) is 1. The molecule has 0 bridgehead atoms. The number of hydrogen-bond acceptors (Lipinski definition) is 2. The van der Waals surface area contributed by atoms with Crippen LogP contribution in [-0.4, -0.2) is 37.5 Å². The summed E-state index contributed by atoms with van der Waals surface area (Å²) in [5.74, 6) is 3.10. The lowest BCUT2D eigenvalue weighted by molar-refractivity contribution is 0.107. The van der Waals surface area contributed by atoms with Crippen LogP contribution in [0.5, 0.6) is 0 Å². The minimum absolute atomic E-state index is 0.677. The summed E-state index contributed by atoms with van der Waals surface area (Å²) in [6.45, 7) is 6.89. The van der Waals surface area contributed by atoms with Crippen LogP contribution in [0.15, 0.2) is 30.3 Å². The molecule has 1 saturated heterocycles. The van der Waals surface area contributed by atoms with Crippen LogP contribution in [0.2, 0.25) is 13.1 Å². The molecule has 1 aliphatic heterocycles. The second-order valence-corrected chi connectivity index (χ2v) is 8.00. The van der Waals surface area contributed by atoms with E-state index in [-0.39, 0.29) is 0 Å². The molecule has 0 amide bonds. The van der Waals surface area contributed by atoms with Crippen LogP contribution in [-0.2, 0) is 6.54 Å². The monoisotopic (exact) mass is 259 g/mol. The average molecular weight is 259 g/mol. The van der Waals surface area contributed by atoms with Crippen LogP contribution in [0.1, 0.15) is 12.0 Å². The summed E-state index contributed by atoms with van der Waals surface area (Å²) in [6.07, 6.45) is 0.772. The van der Waals surface area contributed by atoms with E-state index in [9.17, 15) is 5.11 Å². The Kier molecular flexibility index (Phi) is 4.23. The lowest BCUT2D eigenvalue weighted by atomic mass is 10.1. The maximum atomic E-state index is 10.4. The van der Waals surface area contributed by atoms with E-state index in [1.807, 2.05) is 6.07 Å². The smallest absolute Gasteiger partial charge is 0.138 e. The SMILES string of the molecule is C[SiH](C)C#CC1(O)CCN(Cc2ccccc2)C1. The van der Waals surface area contributed by atoms with Gasteiger partial charge in [-0.1, -0.05) is 49.3 Å². The summed E-state index contributed by atoms with van der Waals surface area (Å²) in [5, 5.41) is 10.4. The van der Waals surface area contributed by atoms with E-state index in [1.54, 1.807) is 0 Å². The zero-order chi connectivity index (χ0) is 13.0. The normalized spacial score (nSPS) is 24.0. The number of benzene rings is 1. The van der Waals surface area contributed by atoms with Gasteiger partial charge in [0.2, 0.25) is 0 Å². The van der Waals surface area contributed by atoms with Crippen LogP contribution in [0.25, 0.3) is 0 Å². The molecule has 2 rings (SSSR count). The van der Waals surface area contributed by atoms with Gasteiger partial charge in [-0.15, -0.1) is 5.54 Å². The van der Waals surface area contributed by atoms with Crippen molar-refractivity contribution in [2.45, 2.75) is 31.7 Å². The van der Waals surface area contributed by atoms with Crippen molar-refractivity contribution < 1.29 is 5.11 Å². The largest absolute Gasteiger partial charge is 0.376 e. The van der Waals surface area contributed by atoms with Gasteiger partial charge in [-0.25, -0.2) is 0 Å². The lowest BCUT2D eigenvalue weighted by Gasteiger charge is -2.18. The van der Waals surface area contributed by atoms with E-state index in [4.69, 9.17) is 0 Å². The van der Waals surface area contributed by atoms with Gasteiger partial charge < -0.3 is 5.11 Å². The third kappa shape index (κ3) is 3.71. The van der Waals surface area contributed by atoms with Crippen molar-refractivity contribution in [1.29, 1.82) is 0 Å². The quantitative estimate of drug-likeness (QED) is 0.645. The number of β-amino-alcohol motifs (C(OH)–C–C–N with tert-alkyl or cyclic N) is 1. The Morgan fingerprint density at radius 2 is 2.06 bits per heavy atom. The van der Waals surface area contributed by atoms with Crippen molar-refractivity contribution in [3.05, 3.63) is 35.9 Å². The maximum Gasteiger partial charge on any atom is 0.138 e. The van der Waals surface area contributed by atoms with Gasteiger partial charge in [0.15, 0.2) is 0 Å². The average Bonchev–Trinajstić information content (AvgIpc) is 2.71. The summed E-state index contributed by atoms with van der Waals surface area (Å²) in [7, 11) is -0.899. The van der Waals surface area contributed by atoms with Crippen molar-refractivity contribution >= 4 is 8.80 Å². The molecule has 3 heteroatoms.